The lowest BCUT2D eigenvalue weighted by Gasteiger charge is -2.10. The zero-order valence-corrected chi connectivity index (χ0v) is 10.9. The smallest absolute Gasteiger partial charge is 0.195 e. The first-order valence-corrected chi connectivity index (χ1v) is 5.91. The summed E-state index contributed by atoms with van der Waals surface area (Å²) in [5, 5.41) is 6.95. The Morgan fingerprint density at radius 1 is 1.47 bits per heavy atom. The molecule has 3 nitrogen and oxygen atoms in total. The molecule has 0 atom stereocenters. The molecule has 0 amide bonds. The molecule has 17 heavy (non-hydrogen) atoms. The van der Waals surface area contributed by atoms with E-state index < -0.39 is 5.82 Å². The third-order valence-corrected chi connectivity index (χ3v) is 2.98. The first-order chi connectivity index (χ1) is 8.00. The van der Waals surface area contributed by atoms with Gasteiger partial charge in [-0.2, -0.15) is 5.10 Å². The molecule has 1 aromatic heterocycles. The van der Waals surface area contributed by atoms with Gasteiger partial charge in [-0.3, -0.25) is 9.67 Å². The van der Waals surface area contributed by atoms with Crippen LogP contribution in [0.2, 0.25) is 5.02 Å². The fourth-order valence-electron chi connectivity index (χ4n) is 1.62. The summed E-state index contributed by atoms with van der Waals surface area (Å²) in [6, 6.07) is 4.66. The molecule has 90 valence electrons. The highest BCUT2D eigenvalue weighted by molar-refractivity contribution is 7.71. The SMILES string of the molecule is CC(C)n1c(-c2ccc(F)c(Cl)c2)n[nH]c1=S. The van der Waals surface area contributed by atoms with Gasteiger partial charge in [0.1, 0.15) is 5.82 Å². The van der Waals surface area contributed by atoms with Crippen LogP contribution in [-0.4, -0.2) is 14.8 Å². The molecular weight excluding hydrogens is 261 g/mol. The summed E-state index contributed by atoms with van der Waals surface area (Å²) in [5.74, 6) is 0.215. The molecule has 0 aliphatic rings. The Bertz CT molecular complexity index is 603. The van der Waals surface area contributed by atoms with Crippen molar-refractivity contribution < 1.29 is 4.39 Å². The molecule has 1 heterocycles. The molecule has 0 unspecified atom stereocenters. The Morgan fingerprint density at radius 3 is 2.76 bits per heavy atom. The van der Waals surface area contributed by atoms with Gasteiger partial charge in [0.25, 0.3) is 0 Å². The summed E-state index contributed by atoms with van der Waals surface area (Å²) in [5.41, 5.74) is 0.734. The number of rotatable bonds is 2. The highest BCUT2D eigenvalue weighted by atomic mass is 35.5. The summed E-state index contributed by atoms with van der Waals surface area (Å²) in [6.45, 7) is 4.00. The van der Waals surface area contributed by atoms with Gasteiger partial charge in [-0.15, -0.1) is 0 Å². The average Bonchev–Trinajstić information content (AvgIpc) is 2.64. The van der Waals surface area contributed by atoms with Crippen LogP contribution in [-0.2, 0) is 0 Å². The number of nitrogens with one attached hydrogen (secondary N) is 1. The summed E-state index contributed by atoms with van der Waals surface area (Å²) in [7, 11) is 0. The molecule has 2 aromatic rings. The predicted molar refractivity (Wildman–Crippen MR) is 68.2 cm³/mol. The van der Waals surface area contributed by atoms with E-state index in [9.17, 15) is 4.39 Å². The van der Waals surface area contributed by atoms with Crippen LogP contribution in [0.5, 0.6) is 0 Å². The maximum Gasteiger partial charge on any atom is 0.195 e. The number of hydrogen-bond acceptors (Lipinski definition) is 2. The molecule has 0 aliphatic heterocycles. The Morgan fingerprint density at radius 2 is 2.18 bits per heavy atom. The van der Waals surface area contributed by atoms with Crippen LogP contribution < -0.4 is 0 Å². The van der Waals surface area contributed by atoms with Crippen LogP contribution in [0.1, 0.15) is 19.9 Å². The van der Waals surface area contributed by atoms with Gasteiger partial charge in [0, 0.05) is 11.6 Å². The number of H-pyrrole nitrogens is 1. The Balaban J connectivity index is 2.61. The molecule has 2 rings (SSSR count). The van der Waals surface area contributed by atoms with E-state index in [1.807, 2.05) is 18.4 Å². The molecule has 1 N–H and O–H groups in total. The summed E-state index contributed by atoms with van der Waals surface area (Å²) >= 11 is 10.9. The van der Waals surface area contributed by atoms with Gasteiger partial charge in [-0.25, -0.2) is 4.39 Å². The van der Waals surface area contributed by atoms with E-state index in [0.717, 1.165) is 5.56 Å². The zero-order chi connectivity index (χ0) is 12.6. The molecular formula is C11H11ClFN3S. The van der Waals surface area contributed by atoms with Crippen molar-refractivity contribution in [3.63, 3.8) is 0 Å². The van der Waals surface area contributed by atoms with Crippen molar-refractivity contribution in [3.05, 3.63) is 33.8 Å². The van der Waals surface area contributed by atoms with E-state index in [4.69, 9.17) is 23.8 Å². The van der Waals surface area contributed by atoms with Gasteiger partial charge in [-0.05, 0) is 44.3 Å². The monoisotopic (exact) mass is 271 g/mol. The Hall–Kier alpha value is -1.20. The highest BCUT2D eigenvalue weighted by Gasteiger charge is 2.12. The van der Waals surface area contributed by atoms with Gasteiger partial charge >= 0.3 is 0 Å². The molecule has 1 aromatic carbocycles. The van der Waals surface area contributed by atoms with E-state index in [2.05, 4.69) is 10.2 Å². The summed E-state index contributed by atoms with van der Waals surface area (Å²) in [6.07, 6.45) is 0. The lowest BCUT2D eigenvalue weighted by Crippen LogP contribution is -2.03. The van der Waals surface area contributed by atoms with Crippen molar-refractivity contribution in [1.82, 2.24) is 14.8 Å². The Kier molecular flexibility index (Phi) is 3.31. The molecule has 0 aliphatic carbocycles. The molecule has 0 saturated heterocycles. The van der Waals surface area contributed by atoms with E-state index >= 15 is 0 Å². The number of benzene rings is 1. The van der Waals surface area contributed by atoms with Crippen molar-refractivity contribution in [1.29, 1.82) is 0 Å². The van der Waals surface area contributed by atoms with Gasteiger partial charge in [0.05, 0.1) is 5.02 Å². The van der Waals surface area contributed by atoms with Gasteiger partial charge < -0.3 is 0 Å². The van der Waals surface area contributed by atoms with Gasteiger partial charge in [0.15, 0.2) is 10.6 Å². The number of nitrogens with zero attached hydrogens (tertiary/aromatic N) is 2. The normalized spacial score (nSPS) is 11.1. The lowest BCUT2D eigenvalue weighted by molar-refractivity contribution is 0.596. The molecule has 0 saturated carbocycles. The van der Waals surface area contributed by atoms with Gasteiger partial charge in [-0.1, -0.05) is 11.6 Å². The second-order valence-electron chi connectivity index (χ2n) is 3.95. The minimum absolute atomic E-state index is 0.0757. The van der Waals surface area contributed by atoms with Gasteiger partial charge in [0.2, 0.25) is 0 Å². The molecule has 0 spiro atoms. The standard InChI is InChI=1S/C11H11ClFN3S/c1-6(2)16-10(14-15-11(16)17)7-3-4-9(13)8(12)5-7/h3-6H,1-2H3,(H,15,17). The molecule has 6 heteroatoms. The Labute approximate surface area is 108 Å². The minimum Gasteiger partial charge on any atom is -0.298 e. The first kappa shape index (κ1) is 12.3. The van der Waals surface area contributed by atoms with Crippen molar-refractivity contribution in [2.75, 3.05) is 0 Å². The zero-order valence-electron chi connectivity index (χ0n) is 9.37. The second-order valence-corrected chi connectivity index (χ2v) is 4.74. The molecule has 0 fully saturated rings. The highest BCUT2D eigenvalue weighted by Crippen LogP contribution is 2.25. The average molecular weight is 272 g/mol. The van der Waals surface area contributed by atoms with Crippen molar-refractivity contribution in [3.8, 4) is 11.4 Å². The van der Waals surface area contributed by atoms with Crippen LogP contribution in [0, 0.1) is 10.6 Å². The predicted octanol–water partition coefficient (Wildman–Crippen LogP) is 3.98. The lowest BCUT2D eigenvalue weighted by atomic mass is 10.2. The van der Waals surface area contributed by atoms with Crippen molar-refractivity contribution in [2.45, 2.75) is 19.9 Å². The van der Waals surface area contributed by atoms with Crippen LogP contribution in [0.15, 0.2) is 18.2 Å². The summed E-state index contributed by atoms with van der Waals surface area (Å²) < 4.78 is 15.5. The van der Waals surface area contributed by atoms with Crippen LogP contribution in [0.3, 0.4) is 0 Å². The number of halogens is 2. The van der Waals surface area contributed by atoms with E-state index in [-0.39, 0.29) is 11.1 Å². The third kappa shape index (κ3) is 2.25. The second kappa shape index (κ2) is 4.58. The number of aromatic nitrogens is 3. The maximum absolute atomic E-state index is 13.1. The van der Waals surface area contributed by atoms with E-state index in [1.165, 1.54) is 6.07 Å². The topological polar surface area (TPSA) is 33.6 Å². The molecule has 0 bridgehead atoms. The van der Waals surface area contributed by atoms with Crippen LogP contribution >= 0.6 is 23.8 Å². The maximum atomic E-state index is 13.1. The minimum atomic E-state index is -0.444. The quantitative estimate of drug-likeness (QED) is 0.838. The fraction of sp³-hybridized carbons (Fsp3) is 0.273. The third-order valence-electron chi connectivity index (χ3n) is 2.40. The summed E-state index contributed by atoms with van der Waals surface area (Å²) in [4.78, 5) is 0. The van der Waals surface area contributed by atoms with Crippen LogP contribution in [0.25, 0.3) is 11.4 Å². The largest absolute Gasteiger partial charge is 0.298 e. The first-order valence-electron chi connectivity index (χ1n) is 5.13. The van der Waals surface area contributed by atoms with Crippen LogP contribution in [0.4, 0.5) is 4.39 Å². The van der Waals surface area contributed by atoms with Crippen molar-refractivity contribution >= 4 is 23.8 Å². The van der Waals surface area contributed by atoms with E-state index in [1.54, 1.807) is 12.1 Å². The fourth-order valence-corrected chi connectivity index (χ4v) is 2.15. The van der Waals surface area contributed by atoms with E-state index in [0.29, 0.717) is 10.6 Å². The number of aromatic amines is 1. The number of hydrogen-bond donors (Lipinski definition) is 1. The van der Waals surface area contributed by atoms with Crippen molar-refractivity contribution in [2.24, 2.45) is 0 Å². The molecule has 0 radical (unpaired) electrons.